The van der Waals surface area contributed by atoms with Crippen LogP contribution in [0.3, 0.4) is 0 Å². The zero-order valence-electron chi connectivity index (χ0n) is 9.00. The molecule has 0 spiro atoms. The van der Waals surface area contributed by atoms with Crippen LogP contribution in [0, 0.1) is 0 Å². The Morgan fingerprint density at radius 1 is 1.53 bits per heavy atom. The van der Waals surface area contributed by atoms with Gasteiger partial charge in [-0.25, -0.2) is 0 Å². The maximum absolute atomic E-state index is 9.42. The molecule has 0 atom stereocenters. The third-order valence-electron chi connectivity index (χ3n) is 3.02. The van der Waals surface area contributed by atoms with Crippen LogP contribution in [-0.4, -0.2) is 39.8 Å². The molecule has 1 aliphatic heterocycles. The van der Waals surface area contributed by atoms with Gasteiger partial charge >= 0.3 is 7.05 Å². The minimum Gasteiger partial charge on any atom is -0.437 e. The van der Waals surface area contributed by atoms with Crippen molar-refractivity contribution in [1.82, 2.24) is 14.6 Å². The topological polar surface area (TPSA) is 67.3 Å². The van der Waals surface area contributed by atoms with E-state index in [-0.39, 0.29) is 7.05 Å². The molecule has 1 aliphatic rings. The number of hydrogen-bond donors (Lipinski definition) is 2. The fourth-order valence-electron chi connectivity index (χ4n) is 2.08. The zero-order chi connectivity index (χ0) is 10.8. The van der Waals surface area contributed by atoms with Gasteiger partial charge in [0, 0.05) is 6.20 Å². The monoisotopic (exact) mass is 208 g/mol. The molecule has 5 nitrogen and oxygen atoms in total. The predicted octanol–water partition coefficient (Wildman–Crippen LogP) is 0.212. The van der Waals surface area contributed by atoms with Gasteiger partial charge in [0.25, 0.3) is 0 Å². The second-order valence-corrected chi connectivity index (χ2v) is 4.15. The first-order valence-corrected chi connectivity index (χ1v) is 5.38. The highest BCUT2D eigenvalue weighted by molar-refractivity contribution is 6.45. The molecule has 0 saturated carbocycles. The van der Waals surface area contributed by atoms with Gasteiger partial charge in [-0.1, -0.05) is 0 Å². The molecule has 0 amide bonds. The van der Waals surface area contributed by atoms with E-state index in [1.165, 1.54) is 0 Å². The summed E-state index contributed by atoms with van der Waals surface area (Å²) in [5.74, 6) is 0. The van der Waals surface area contributed by atoms with Crippen molar-refractivity contribution in [3.63, 3.8) is 0 Å². The van der Waals surface area contributed by atoms with E-state index in [1.807, 2.05) is 17.7 Å². The first kappa shape index (κ1) is 10.5. The summed E-state index contributed by atoms with van der Waals surface area (Å²) in [5.41, 5.74) is 6.34. The molecule has 82 valence electrons. The van der Waals surface area contributed by atoms with Gasteiger partial charge in [-0.3, -0.25) is 4.68 Å². The van der Waals surface area contributed by atoms with E-state index >= 15 is 0 Å². The summed E-state index contributed by atoms with van der Waals surface area (Å²) in [7, 11) is -0.339. The number of nitrogens with zero attached hydrogens (tertiary/aromatic N) is 3. The molecule has 1 saturated heterocycles. The number of nitrogen functional groups attached to an aromatic ring is 1. The Morgan fingerprint density at radius 2 is 2.20 bits per heavy atom. The lowest BCUT2D eigenvalue weighted by atomic mass is 9.82. The largest absolute Gasteiger partial charge is 0.437 e. The molecular weight excluding hydrogens is 191 g/mol. The van der Waals surface area contributed by atoms with Crippen molar-refractivity contribution in [1.29, 1.82) is 0 Å². The van der Waals surface area contributed by atoms with E-state index in [4.69, 9.17) is 5.73 Å². The molecule has 1 fully saturated rings. The third kappa shape index (κ3) is 2.32. The Bertz CT molecular complexity index is 320. The van der Waals surface area contributed by atoms with Crippen molar-refractivity contribution in [3.05, 3.63) is 12.4 Å². The van der Waals surface area contributed by atoms with Crippen molar-refractivity contribution in [3.8, 4) is 0 Å². The Hall–Kier alpha value is -1.01. The minimum absolute atomic E-state index is 0.339. The lowest BCUT2D eigenvalue weighted by Crippen LogP contribution is -2.43. The van der Waals surface area contributed by atoms with Crippen LogP contribution >= 0.6 is 0 Å². The molecule has 0 aromatic carbocycles. The molecule has 15 heavy (non-hydrogen) atoms. The maximum Gasteiger partial charge on any atom is 0.376 e. The summed E-state index contributed by atoms with van der Waals surface area (Å²) >= 11 is 0. The van der Waals surface area contributed by atoms with Gasteiger partial charge in [0.1, 0.15) is 0 Å². The Labute approximate surface area is 90.0 Å². The highest BCUT2D eigenvalue weighted by Gasteiger charge is 2.24. The minimum atomic E-state index is -0.339. The van der Waals surface area contributed by atoms with Crippen molar-refractivity contribution >= 4 is 12.7 Å². The number of aromatic nitrogens is 2. The first-order chi connectivity index (χ1) is 7.16. The number of nitrogens with two attached hydrogens (primary N) is 1. The SMILES string of the molecule is CB(O)N1CCC(n2cc(N)cn2)CC1. The van der Waals surface area contributed by atoms with Gasteiger partial charge in [-0.05, 0) is 32.8 Å². The van der Waals surface area contributed by atoms with E-state index in [2.05, 4.69) is 9.91 Å². The van der Waals surface area contributed by atoms with Gasteiger partial charge in [0.2, 0.25) is 0 Å². The molecule has 1 aromatic rings. The highest BCUT2D eigenvalue weighted by Crippen LogP contribution is 2.22. The van der Waals surface area contributed by atoms with Gasteiger partial charge in [-0.2, -0.15) is 5.10 Å². The van der Waals surface area contributed by atoms with Crippen LogP contribution < -0.4 is 5.73 Å². The van der Waals surface area contributed by atoms with Crippen LogP contribution in [0.4, 0.5) is 5.69 Å². The normalized spacial score (nSPS) is 19.3. The van der Waals surface area contributed by atoms with Gasteiger partial charge in [0.15, 0.2) is 0 Å². The maximum atomic E-state index is 9.42. The smallest absolute Gasteiger partial charge is 0.376 e. The lowest BCUT2D eigenvalue weighted by Gasteiger charge is -2.32. The average molecular weight is 208 g/mol. The molecule has 0 radical (unpaired) electrons. The Kier molecular flexibility index (Phi) is 2.97. The molecule has 1 aromatic heterocycles. The van der Waals surface area contributed by atoms with Crippen LogP contribution in [0.15, 0.2) is 12.4 Å². The second-order valence-electron chi connectivity index (χ2n) is 4.15. The molecule has 2 heterocycles. The lowest BCUT2D eigenvalue weighted by molar-refractivity contribution is 0.241. The van der Waals surface area contributed by atoms with Crippen LogP contribution in [0.5, 0.6) is 0 Å². The Morgan fingerprint density at radius 3 is 2.67 bits per heavy atom. The molecular formula is C9H17BN4O. The van der Waals surface area contributed by atoms with Crippen molar-refractivity contribution in [2.24, 2.45) is 0 Å². The molecule has 0 aliphatic carbocycles. The van der Waals surface area contributed by atoms with E-state index < -0.39 is 0 Å². The van der Waals surface area contributed by atoms with Crippen LogP contribution in [0.25, 0.3) is 0 Å². The summed E-state index contributed by atoms with van der Waals surface area (Å²) < 4.78 is 1.94. The van der Waals surface area contributed by atoms with Crippen LogP contribution in [0.1, 0.15) is 18.9 Å². The summed E-state index contributed by atoms with van der Waals surface area (Å²) in [6.07, 6.45) is 5.60. The first-order valence-electron chi connectivity index (χ1n) is 5.38. The van der Waals surface area contributed by atoms with Crippen molar-refractivity contribution in [2.75, 3.05) is 18.8 Å². The number of rotatable bonds is 2. The van der Waals surface area contributed by atoms with Crippen molar-refractivity contribution in [2.45, 2.75) is 25.7 Å². The third-order valence-corrected chi connectivity index (χ3v) is 3.02. The predicted molar refractivity (Wildman–Crippen MR) is 60.3 cm³/mol. The fourth-order valence-corrected chi connectivity index (χ4v) is 2.08. The van der Waals surface area contributed by atoms with E-state index in [9.17, 15) is 5.02 Å². The summed E-state index contributed by atoms with van der Waals surface area (Å²) in [6, 6.07) is 0.428. The van der Waals surface area contributed by atoms with Crippen LogP contribution in [0.2, 0.25) is 6.82 Å². The fraction of sp³-hybridized carbons (Fsp3) is 0.667. The van der Waals surface area contributed by atoms with E-state index in [0.29, 0.717) is 11.7 Å². The second kappa shape index (κ2) is 4.24. The number of anilines is 1. The summed E-state index contributed by atoms with van der Waals surface area (Å²) in [6.45, 7) is 3.65. The van der Waals surface area contributed by atoms with Gasteiger partial charge in [-0.15, -0.1) is 0 Å². The molecule has 0 bridgehead atoms. The zero-order valence-corrected chi connectivity index (χ0v) is 9.00. The average Bonchev–Trinajstić information content (AvgIpc) is 2.65. The Balaban J connectivity index is 1.93. The summed E-state index contributed by atoms with van der Waals surface area (Å²) in [5, 5.41) is 13.6. The molecule has 3 N–H and O–H groups in total. The van der Waals surface area contributed by atoms with Crippen LogP contribution in [-0.2, 0) is 0 Å². The molecule has 6 heteroatoms. The van der Waals surface area contributed by atoms with Crippen molar-refractivity contribution < 1.29 is 5.02 Å². The van der Waals surface area contributed by atoms with E-state index in [1.54, 1.807) is 6.20 Å². The quantitative estimate of drug-likeness (QED) is 0.682. The number of piperidine rings is 1. The van der Waals surface area contributed by atoms with Gasteiger partial charge in [0.05, 0.1) is 17.9 Å². The number of hydrogen-bond acceptors (Lipinski definition) is 4. The van der Waals surface area contributed by atoms with Gasteiger partial charge < -0.3 is 15.6 Å². The summed E-state index contributed by atoms with van der Waals surface area (Å²) in [4.78, 5) is 2.07. The molecule has 0 unspecified atom stereocenters. The standard InChI is InChI=1S/C9H17BN4O/c1-10(15)13-4-2-9(3-5-13)14-7-8(11)6-12-14/h6-7,9,15H,2-5,11H2,1H3. The highest BCUT2D eigenvalue weighted by atomic mass is 16.2. The van der Waals surface area contributed by atoms with E-state index in [0.717, 1.165) is 25.9 Å². The molecule has 2 rings (SSSR count).